The highest BCUT2D eigenvalue weighted by atomic mass is 16.5. The molecule has 0 radical (unpaired) electrons. The number of aromatic nitrogens is 3. The molecular weight excluding hydrogens is 252 g/mol. The van der Waals surface area contributed by atoms with E-state index in [0.29, 0.717) is 25.6 Å². The lowest BCUT2D eigenvalue weighted by atomic mass is 10.5. The number of hydrogen-bond acceptors (Lipinski definition) is 8. The SMILES string of the molecule is CCCOc1nc(NN)nc(NCCNC(N)=O)n1. The summed E-state index contributed by atoms with van der Waals surface area (Å²) in [5, 5.41) is 5.31. The molecule has 0 aliphatic carbocycles. The third-order valence-corrected chi connectivity index (χ3v) is 1.89. The van der Waals surface area contributed by atoms with Crippen molar-refractivity contribution in [1.29, 1.82) is 0 Å². The molecule has 10 heteroatoms. The first kappa shape index (κ1) is 14.7. The van der Waals surface area contributed by atoms with Crippen molar-refractivity contribution in [2.24, 2.45) is 11.6 Å². The van der Waals surface area contributed by atoms with Crippen molar-refractivity contribution in [2.45, 2.75) is 13.3 Å². The van der Waals surface area contributed by atoms with Gasteiger partial charge in [0.1, 0.15) is 0 Å². The highest BCUT2D eigenvalue weighted by Crippen LogP contribution is 2.10. The van der Waals surface area contributed by atoms with Crippen LogP contribution in [0, 0.1) is 0 Å². The number of amides is 2. The van der Waals surface area contributed by atoms with Crippen molar-refractivity contribution in [3.8, 4) is 6.01 Å². The van der Waals surface area contributed by atoms with Gasteiger partial charge in [-0.05, 0) is 6.42 Å². The van der Waals surface area contributed by atoms with Crippen LogP contribution < -0.4 is 32.4 Å². The number of ether oxygens (including phenoxy) is 1. The predicted octanol–water partition coefficient (Wildman–Crippen LogP) is -0.974. The van der Waals surface area contributed by atoms with E-state index in [4.69, 9.17) is 16.3 Å². The molecule has 19 heavy (non-hydrogen) atoms. The second kappa shape index (κ2) is 7.87. The molecule has 2 amide bonds. The lowest BCUT2D eigenvalue weighted by Gasteiger charge is -2.08. The fourth-order valence-corrected chi connectivity index (χ4v) is 1.12. The Labute approximate surface area is 110 Å². The number of nitrogens with zero attached hydrogens (tertiary/aromatic N) is 3. The Hall–Kier alpha value is -2.36. The molecule has 0 saturated heterocycles. The molecule has 0 fully saturated rings. The number of hydrazine groups is 1. The Morgan fingerprint density at radius 2 is 2.00 bits per heavy atom. The first-order valence-electron chi connectivity index (χ1n) is 5.78. The summed E-state index contributed by atoms with van der Waals surface area (Å²) >= 11 is 0. The fraction of sp³-hybridized carbons (Fsp3) is 0.556. The maximum atomic E-state index is 10.5. The highest BCUT2D eigenvalue weighted by molar-refractivity contribution is 5.71. The lowest BCUT2D eigenvalue weighted by molar-refractivity contribution is 0.249. The summed E-state index contributed by atoms with van der Waals surface area (Å²) in [5.41, 5.74) is 7.25. The number of primary amides is 1. The first-order valence-corrected chi connectivity index (χ1v) is 5.78. The molecule has 1 heterocycles. The number of nitrogens with one attached hydrogen (secondary N) is 3. The van der Waals surface area contributed by atoms with E-state index < -0.39 is 6.03 Å². The van der Waals surface area contributed by atoms with Crippen molar-refractivity contribution in [2.75, 3.05) is 30.4 Å². The zero-order valence-electron chi connectivity index (χ0n) is 10.6. The van der Waals surface area contributed by atoms with Gasteiger partial charge in [-0.15, -0.1) is 0 Å². The van der Waals surface area contributed by atoms with Crippen molar-refractivity contribution in [1.82, 2.24) is 20.3 Å². The van der Waals surface area contributed by atoms with E-state index in [1.54, 1.807) is 0 Å². The van der Waals surface area contributed by atoms with Crippen LogP contribution in [-0.2, 0) is 0 Å². The molecule has 1 aromatic heterocycles. The molecule has 1 aromatic rings. The van der Waals surface area contributed by atoms with Gasteiger partial charge in [0.25, 0.3) is 0 Å². The molecule has 0 bridgehead atoms. The Kier molecular flexibility index (Phi) is 6.09. The van der Waals surface area contributed by atoms with Crippen molar-refractivity contribution in [3.05, 3.63) is 0 Å². The van der Waals surface area contributed by atoms with E-state index >= 15 is 0 Å². The Morgan fingerprint density at radius 3 is 2.63 bits per heavy atom. The Bertz CT molecular complexity index is 413. The minimum Gasteiger partial charge on any atom is -0.463 e. The maximum Gasteiger partial charge on any atom is 0.323 e. The minimum atomic E-state index is -0.589. The zero-order chi connectivity index (χ0) is 14.1. The van der Waals surface area contributed by atoms with E-state index in [1.165, 1.54) is 0 Å². The quantitative estimate of drug-likeness (QED) is 0.229. The second-order valence-corrected chi connectivity index (χ2v) is 3.48. The molecule has 0 aliphatic heterocycles. The number of hydrogen-bond donors (Lipinski definition) is 5. The molecule has 0 saturated carbocycles. The van der Waals surface area contributed by atoms with Gasteiger partial charge >= 0.3 is 12.0 Å². The van der Waals surface area contributed by atoms with Crippen molar-refractivity contribution < 1.29 is 9.53 Å². The molecule has 7 N–H and O–H groups in total. The standard InChI is InChI=1S/C9H18N8O2/c1-2-5-19-9-15-7(14-8(16-9)17-11)13-4-3-12-6(10)18/h2-5,11H2,1H3,(H3,10,12,18)(H2,13,14,15,16,17). The van der Waals surface area contributed by atoms with Gasteiger partial charge in [0, 0.05) is 13.1 Å². The third kappa shape index (κ3) is 5.68. The topological polar surface area (TPSA) is 153 Å². The van der Waals surface area contributed by atoms with E-state index in [1.807, 2.05) is 6.92 Å². The molecule has 0 atom stereocenters. The Morgan fingerprint density at radius 1 is 1.26 bits per heavy atom. The molecule has 1 rings (SSSR count). The molecule has 0 aliphatic rings. The van der Waals surface area contributed by atoms with Crippen LogP contribution in [0.4, 0.5) is 16.7 Å². The van der Waals surface area contributed by atoms with Crippen molar-refractivity contribution in [3.63, 3.8) is 0 Å². The summed E-state index contributed by atoms with van der Waals surface area (Å²) in [5.74, 6) is 5.73. The summed E-state index contributed by atoms with van der Waals surface area (Å²) in [6, 6.07) is -0.413. The van der Waals surface area contributed by atoms with E-state index in [9.17, 15) is 4.79 Å². The fourth-order valence-electron chi connectivity index (χ4n) is 1.12. The van der Waals surface area contributed by atoms with Gasteiger partial charge < -0.3 is 21.1 Å². The number of carbonyl (C=O) groups is 1. The molecule has 0 spiro atoms. The van der Waals surface area contributed by atoms with Gasteiger partial charge in [-0.25, -0.2) is 10.6 Å². The number of nitrogen functional groups attached to an aromatic ring is 1. The van der Waals surface area contributed by atoms with E-state index in [2.05, 4.69) is 31.0 Å². The van der Waals surface area contributed by atoms with Crippen LogP contribution >= 0.6 is 0 Å². The largest absolute Gasteiger partial charge is 0.463 e. The summed E-state index contributed by atoms with van der Waals surface area (Å²) in [4.78, 5) is 22.4. The predicted molar refractivity (Wildman–Crippen MR) is 69.5 cm³/mol. The summed E-state index contributed by atoms with van der Waals surface area (Å²) in [6.07, 6.45) is 0.836. The molecule has 0 aromatic carbocycles. The smallest absolute Gasteiger partial charge is 0.323 e. The number of nitrogens with two attached hydrogens (primary N) is 2. The molecule has 0 unspecified atom stereocenters. The number of urea groups is 1. The van der Waals surface area contributed by atoms with Gasteiger partial charge in [0.15, 0.2) is 0 Å². The number of carbonyl (C=O) groups excluding carboxylic acids is 1. The van der Waals surface area contributed by atoms with Crippen LogP contribution in [-0.4, -0.2) is 40.7 Å². The number of rotatable bonds is 8. The summed E-state index contributed by atoms with van der Waals surface area (Å²) < 4.78 is 5.30. The highest BCUT2D eigenvalue weighted by Gasteiger charge is 2.06. The van der Waals surface area contributed by atoms with Gasteiger partial charge in [0.2, 0.25) is 11.9 Å². The number of anilines is 2. The van der Waals surface area contributed by atoms with Crippen LogP contribution in [0.2, 0.25) is 0 Å². The van der Waals surface area contributed by atoms with Crippen LogP contribution in [0.3, 0.4) is 0 Å². The normalized spacial score (nSPS) is 9.79. The Balaban J connectivity index is 2.57. The monoisotopic (exact) mass is 270 g/mol. The van der Waals surface area contributed by atoms with Crippen LogP contribution in [0.5, 0.6) is 6.01 Å². The van der Waals surface area contributed by atoms with Crippen LogP contribution in [0.25, 0.3) is 0 Å². The lowest BCUT2D eigenvalue weighted by Crippen LogP contribution is -2.33. The summed E-state index contributed by atoms with van der Waals surface area (Å²) in [7, 11) is 0. The van der Waals surface area contributed by atoms with Gasteiger partial charge in [-0.2, -0.15) is 15.0 Å². The first-order chi connectivity index (χ1) is 9.15. The third-order valence-electron chi connectivity index (χ3n) is 1.89. The molecular formula is C9H18N8O2. The van der Waals surface area contributed by atoms with Gasteiger partial charge in [-0.1, -0.05) is 6.92 Å². The van der Waals surface area contributed by atoms with Gasteiger partial charge in [-0.3, -0.25) is 5.43 Å². The average molecular weight is 270 g/mol. The molecule has 10 nitrogen and oxygen atoms in total. The maximum absolute atomic E-state index is 10.5. The van der Waals surface area contributed by atoms with Gasteiger partial charge in [0.05, 0.1) is 6.61 Å². The van der Waals surface area contributed by atoms with E-state index in [0.717, 1.165) is 6.42 Å². The summed E-state index contributed by atoms with van der Waals surface area (Å²) in [6.45, 7) is 3.22. The van der Waals surface area contributed by atoms with E-state index in [-0.39, 0.29) is 12.0 Å². The van der Waals surface area contributed by atoms with Crippen LogP contribution in [0.15, 0.2) is 0 Å². The average Bonchev–Trinajstić information content (AvgIpc) is 2.41. The van der Waals surface area contributed by atoms with Crippen molar-refractivity contribution >= 4 is 17.9 Å². The zero-order valence-corrected chi connectivity index (χ0v) is 10.6. The second-order valence-electron chi connectivity index (χ2n) is 3.48. The minimum absolute atomic E-state index is 0.176. The molecule has 106 valence electrons. The van der Waals surface area contributed by atoms with Crippen LogP contribution in [0.1, 0.15) is 13.3 Å².